The fourth-order valence-electron chi connectivity index (χ4n) is 3.09. The second-order valence-corrected chi connectivity index (χ2v) is 6.79. The first-order chi connectivity index (χ1) is 12.4. The molecule has 1 aliphatic heterocycles. The maximum absolute atomic E-state index is 13.4. The summed E-state index contributed by atoms with van der Waals surface area (Å²) in [4.78, 5) is 26.5. The molecule has 1 fully saturated rings. The van der Waals surface area contributed by atoms with Crippen LogP contribution in [0.1, 0.15) is 12.0 Å². The van der Waals surface area contributed by atoms with Crippen molar-refractivity contribution in [2.45, 2.75) is 18.9 Å². The first kappa shape index (κ1) is 19.8. The van der Waals surface area contributed by atoms with Crippen molar-refractivity contribution in [3.63, 3.8) is 0 Å². The summed E-state index contributed by atoms with van der Waals surface area (Å²) in [6, 6.07) is 5.87. The van der Waals surface area contributed by atoms with E-state index in [0.29, 0.717) is 18.5 Å². The third-order valence-corrected chi connectivity index (χ3v) is 5.14. The molecule has 2 heterocycles. The predicted octanol–water partition coefficient (Wildman–Crippen LogP) is 1.87. The SMILES string of the molecule is O=C(O)[C@]1(Cc2cccc(F)c2)CN(c2nccs2)CC[C@@H]1O.O=CO. The highest BCUT2D eigenvalue weighted by Gasteiger charge is 2.49. The van der Waals surface area contributed by atoms with Gasteiger partial charge in [-0.1, -0.05) is 12.1 Å². The summed E-state index contributed by atoms with van der Waals surface area (Å²) in [7, 11) is 0. The molecule has 1 saturated heterocycles. The number of carbonyl (C=O) groups is 2. The van der Waals surface area contributed by atoms with Crippen LogP contribution in [0.3, 0.4) is 0 Å². The van der Waals surface area contributed by atoms with E-state index in [1.807, 2.05) is 10.3 Å². The molecule has 0 radical (unpaired) electrons. The Bertz CT molecular complexity index is 743. The molecule has 3 rings (SSSR count). The molecule has 0 amide bonds. The Kier molecular flexibility index (Phi) is 6.64. The number of aromatic nitrogens is 1. The zero-order chi connectivity index (χ0) is 19.2. The molecule has 140 valence electrons. The molecule has 1 aromatic carbocycles. The van der Waals surface area contributed by atoms with Crippen LogP contribution in [0.4, 0.5) is 9.52 Å². The Morgan fingerprint density at radius 2 is 2.23 bits per heavy atom. The van der Waals surface area contributed by atoms with Crippen molar-refractivity contribution in [3.05, 3.63) is 47.2 Å². The monoisotopic (exact) mass is 382 g/mol. The molecule has 0 saturated carbocycles. The third kappa shape index (κ3) is 4.36. The van der Waals surface area contributed by atoms with E-state index in [0.717, 1.165) is 5.13 Å². The smallest absolute Gasteiger partial charge is 0.314 e. The maximum atomic E-state index is 13.4. The third-order valence-electron chi connectivity index (χ3n) is 4.31. The first-order valence-corrected chi connectivity index (χ1v) is 8.69. The Morgan fingerprint density at radius 1 is 1.50 bits per heavy atom. The molecule has 0 bridgehead atoms. The van der Waals surface area contributed by atoms with Crippen LogP contribution in [0.5, 0.6) is 0 Å². The predicted molar refractivity (Wildman–Crippen MR) is 93.8 cm³/mol. The van der Waals surface area contributed by atoms with Gasteiger partial charge in [0.2, 0.25) is 0 Å². The number of piperidine rings is 1. The number of thiazole rings is 1. The number of carboxylic acid groups (broad SMARTS) is 2. The lowest BCUT2D eigenvalue weighted by Crippen LogP contribution is -2.57. The quantitative estimate of drug-likeness (QED) is 0.692. The van der Waals surface area contributed by atoms with Gasteiger partial charge in [-0.3, -0.25) is 9.59 Å². The van der Waals surface area contributed by atoms with Gasteiger partial charge in [0.25, 0.3) is 6.47 Å². The van der Waals surface area contributed by atoms with Gasteiger partial charge in [-0.25, -0.2) is 9.37 Å². The minimum Gasteiger partial charge on any atom is -0.483 e. The number of halogens is 1. The van der Waals surface area contributed by atoms with E-state index in [9.17, 15) is 19.4 Å². The van der Waals surface area contributed by atoms with E-state index in [-0.39, 0.29) is 19.4 Å². The van der Waals surface area contributed by atoms with Crippen LogP contribution in [-0.4, -0.2) is 51.9 Å². The molecule has 2 aromatic rings. The van der Waals surface area contributed by atoms with E-state index in [1.54, 1.807) is 18.3 Å². The average Bonchev–Trinajstić information content (AvgIpc) is 3.12. The summed E-state index contributed by atoms with van der Waals surface area (Å²) in [6.45, 7) is 0.445. The zero-order valence-electron chi connectivity index (χ0n) is 13.8. The fourth-order valence-corrected chi connectivity index (χ4v) is 3.76. The van der Waals surface area contributed by atoms with Gasteiger partial charge in [0.15, 0.2) is 5.13 Å². The molecule has 2 atom stereocenters. The lowest BCUT2D eigenvalue weighted by atomic mass is 9.73. The molecule has 1 aliphatic rings. The van der Waals surface area contributed by atoms with E-state index in [4.69, 9.17) is 9.90 Å². The minimum absolute atomic E-state index is 0.0726. The Hall–Kier alpha value is -2.52. The fraction of sp³-hybridized carbons (Fsp3) is 0.353. The van der Waals surface area contributed by atoms with Crippen LogP contribution >= 0.6 is 11.3 Å². The van der Waals surface area contributed by atoms with Gasteiger partial charge < -0.3 is 20.2 Å². The van der Waals surface area contributed by atoms with E-state index >= 15 is 0 Å². The molecular weight excluding hydrogens is 363 g/mol. The van der Waals surface area contributed by atoms with Gasteiger partial charge >= 0.3 is 5.97 Å². The Labute approximate surface area is 153 Å². The van der Waals surface area contributed by atoms with Crippen molar-refractivity contribution in [1.29, 1.82) is 0 Å². The minimum atomic E-state index is -1.38. The Balaban J connectivity index is 0.000000758. The van der Waals surface area contributed by atoms with Crippen molar-refractivity contribution >= 4 is 28.9 Å². The molecule has 9 heteroatoms. The second kappa shape index (κ2) is 8.72. The standard InChI is InChI=1S/C16H17FN2O3S.CH2O2/c17-12-3-1-2-11(8-12)9-16(14(21)22)10-19(6-4-13(16)20)15-18-5-7-23-15;2-1-3/h1-3,5,7-8,13,20H,4,6,9-10H2,(H,21,22);1H,(H,2,3)/t13-,16+;/m0./s1. The number of rotatable bonds is 4. The van der Waals surface area contributed by atoms with E-state index in [2.05, 4.69) is 4.98 Å². The van der Waals surface area contributed by atoms with Gasteiger partial charge in [-0.2, -0.15) is 0 Å². The zero-order valence-corrected chi connectivity index (χ0v) is 14.6. The average molecular weight is 382 g/mol. The number of aliphatic hydroxyl groups excluding tert-OH is 1. The van der Waals surface area contributed by atoms with Gasteiger partial charge in [0, 0.05) is 24.7 Å². The van der Waals surface area contributed by atoms with Gasteiger partial charge in [-0.05, 0) is 30.5 Å². The number of anilines is 1. The van der Waals surface area contributed by atoms with Gasteiger partial charge in [-0.15, -0.1) is 11.3 Å². The molecule has 26 heavy (non-hydrogen) atoms. The van der Waals surface area contributed by atoms with Crippen LogP contribution in [-0.2, 0) is 16.0 Å². The van der Waals surface area contributed by atoms with Crippen molar-refractivity contribution in [2.75, 3.05) is 18.0 Å². The van der Waals surface area contributed by atoms with Crippen molar-refractivity contribution < 1.29 is 29.3 Å². The van der Waals surface area contributed by atoms with Gasteiger partial charge in [0.05, 0.1) is 6.10 Å². The van der Waals surface area contributed by atoms with Crippen LogP contribution < -0.4 is 4.90 Å². The summed E-state index contributed by atoms with van der Waals surface area (Å²) < 4.78 is 13.4. The largest absolute Gasteiger partial charge is 0.483 e. The van der Waals surface area contributed by atoms with Crippen molar-refractivity contribution in [1.82, 2.24) is 4.98 Å². The van der Waals surface area contributed by atoms with Crippen LogP contribution in [0.25, 0.3) is 0 Å². The summed E-state index contributed by atoms with van der Waals surface area (Å²) in [6.07, 6.45) is 1.09. The number of aliphatic hydroxyl groups is 1. The normalized spacial score (nSPS) is 22.2. The van der Waals surface area contributed by atoms with E-state index < -0.39 is 23.3 Å². The highest BCUT2D eigenvalue weighted by atomic mass is 32.1. The van der Waals surface area contributed by atoms with Crippen molar-refractivity contribution in [3.8, 4) is 0 Å². The molecule has 0 spiro atoms. The summed E-state index contributed by atoms with van der Waals surface area (Å²) >= 11 is 1.43. The molecule has 0 unspecified atom stereocenters. The summed E-state index contributed by atoms with van der Waals surface area (Å²) in [5, 5.41) is 29.7. The van der Waals surface area contributed by atoms with Crippen LogP contribution in [0, 0.1) is 11.2 Å². The number of benzene rings is 1. The highest BCUT2D eigenvalue weighted by Crippen LogP contribution is 2.37. The molecule has 1 aromatic heterocycles. The number of hydrogen-bond acceptors (Lipinski definition) is 6. The van der Waals surface area contributed by atoms with Crippen molar-refractivity contribution in [2.24, 2.45) is 5.41 Å². The van der Waals surface area contributed by atoms with E-state index in [1.165, 1.54) is 23.5 Å². The maximum Gasteiger partial charge on any atom is 0.314 e. The Morgan fingerprint density at radius 3 is 2.81 bits per heavy atom. The van der Waals surface area contributed by atoms with Crippen LogP contribution in [0.2, 0.25) is 0 Å². The number of aliphatic carboxylic acids is 1. The number of hydrogen-bond donors (Lipinski definition) is 3. The van der Waals surface area contributed by atoms with Crippen LogP contribution in [0.15, 0.2) is 35.8 Å². The first-order valence-electron chi connectivity index (χ1n) is 7.81. The van der Waals surface area contributed by atoms with Gasteiger partial charge in [0.1, 0.15) is 11.2 Å². The second-order valence-electron chi connectivity index (χ2n) is 5.91. The number of carboxylic acids is 1. The molecule has 0 aliphatic carbocycles. The lowest BCUT2D eigenvalue weighted by Gasteiger charge is -2.43. The molecule has 7 nitrogen and oxygen atoms in total. The highest BCUT2D eigenvalue weighted by molar-refractivity contribution is 7.13. The summed E-state index contributed by atoms with van der Waals surface area (Å²) in [5.74, 6) is -1.49. The summed E-state index contributed by atoms with van der Waals surface area (Å²) in [5.41, 5.74) is -0.815. The number of nitrogens with zero attached hydrogens (tertiary/aromatic N) is 2. The molecule has 3 N–H and O–H groups in total. The molecular formula is C17H19FN2O5S. The topological polar surface area (TPSA) is 111 Å². The lowest BCUT2D eigenvalue weighted by molar-refractivity contribution is -0.157.